The minimum atomic E-state index is -3.49. The van der Waals surface area contributed by atoms with E-state index >= 15 is 0 Å². The van der Waals surface area contributed by atoms with Crippen molar-refractivity contribution < 1.29 is 23.1 Å². The van der Waals surface area contributed by atoms with Crippen molar-refractivity contribution in [3.8, 4) is 0 Å². The molecule has 8 nitrogen and oxygen atoms in total. The first-order chi connectivity index (χ1) is 8.70. The molecule has 112 valence electrons. The Balaban J connectivity index is 3.65. The first-order valence-corrected chi connectivity index (χ1v) is 7.69. The number of hydrogen-bond donors (Lipinski definition) is 4. The van der Waals surface area contributed by atoms with E-state index in [9.17, 15) is 18.0 Å². The van der Waals surface area contributed by atoms with Gasteiger partial charge in [-0.3, -0.25) is 4.79 Å². The highest BCUT2D eigenvalue weighted by atomic mass is 32.2. The Morgan fingerprint density at radius 1 is 1.32 bits per heavy atom. The van der Waals surface area contributed by atoms with E-state index in [4.69, 9.17) is 10.2 Å². The van der Waals surface area contributed by atoms with Gasteiger partial charge >= 0.3 is 12.0 Å². The molecular formula is C10H21N3O5S. The van der Waals surface area contributed by atoms with Crippen LogP contribution < -0.4 is 15.8 Å². The van der Waals surface area contributed by atoms with Crippen LogP contribution >= 0.6 is 0 Å². The molecule has 0 heterocycles. The van der Waals surface area contributed by atoms with E-state index in [0.717, 1.165) is 0 Å². The Morgan fingerprint density at radius 3 is 2.47 bits per heavy atom. The van der Waals surface area contributed by atoms with Gasteiger partial charge in [0, 0.05) is 19.0 Å². The first kappa shape index (κ1) is 17.6. The van der Waals surface area contributed by atoms with Gasteiger partial charge in [0.25, 0.3) is 0 Å². The average Bonchev–Trinajstić information content (AvgIpc) is 2.22. The Morgan fingerprint density at radius 2 is 1.95 bits per heavy atom. The summed E-state index contributed by atoms with van der Waals surface area (Å²) in [6, 6.07) is -0.546. The summed E-state index contributed by atoms with van der Waals surface area (Å²) < 4.78 is 21.3. The molecule has 0 aliphatic carbocycles. The molecule has 0 fully saturated rings. The molecule has 1 atom stereocenters. The molecular weight excluding hydrogens is 274 g/mol. The second kappa shape index (κ2) is 8.70. The van der Waals surface area contributed by atoms with Gasteiger partial charge in [-0.15, -0.1) is 0 Å². The number of carbonyl (C=O) groups is 2. The summed E-state index contributed by atoms with van der Waals surface area (Å²) in [5.41, 5.74) is 0. The molecule has 9 heteroatoms. The Hall–Kier alpha value is -1.35. The van der Waals surface area contributed by atoms with Gasteiger partial charge in [-0.05, 0) is 26.2 Å². The maximum Gasteiger partial charge on any atom is 0.314 e. The number of primary sulfonamides is 1. The SMILES string of the molecule is CC(CCCC(=O)O)NC(=O)NCCCS(N)(=O)=O. The number of urea groups is 1. The van der Waals surface area contributed by atoms with Crippen molar-refractivity contribution >= 4 is 22.0 Å². The minimum Gasteiger partial charge on any atom is -0.481 e. The molecule has 1 unspecified atom stereocenters. The zero-order valence-electron chi connectivity index (χ0n) is 10.9. The predicted molar refractivity (Wildman–Crippen MR) is 70.1 cm³/mol. The lowest BCUT2D eigenvalue weighted by molar-refractivity contribution is -0.137. The predicted octanol–water partition coefficient (Wildman–Crippen LogP) is -0.392. The molecule has 0 bridgehead atoms. The number of rotatable bonds is 9. The number of carbonyl (C=O) groups excluding carboxylic acids is 1. The summed E-state index contributed by atoms with van der Waals surface area (Å²) in [5, 5.41) is 18.4. The molecule has 19 heavy (non-hydrogen) atoms. The first-order valence-electron chi connectivity index (χ1n) is 5.97. The number of sulfonamides is 1. The highest BCUT2D eigenvalue weighted by Crippen LogP contribution is 2.00. The number of carboxylic acid groups (broad SMARTS) is 1. The van der Waals surface area contributed by atoms with Crippen LogP contribution in [0.2, 0.25) is 0 Å². The van der Waals surface area contributed by atoms with Gasteiger partial charge in [-0.25, -0.2) is 18.4 Å². The zero-order valence-corrected chi connectivity index (χ0v) is 11.7. The number of nitrogens with two attached hydrogens (primary N) is 1. The van der Waals surface area contributed by atoms with Gasteiger partial charge in [-0.1, -0.05) is 0 Å². The van der Waals surface area contributed by atoms with Crippen LogP contribution in [-0.4, -0.2) is 43.9 Å². The molecule has 0 aromatic heterocycles. The summed E-state index contributed by atoms with van der Waals surface area (Å²) in [6.45, 7) is 1.98. The van der Waals surface area contributed by atoms with Crippen molar-refractivity contribution in [2.75, 3.05) is 12.3 Å². The van der Waals surface area contributed by atoms with Crippen molar-refractivity contribution in [3.05, 3.63) is 0 Å². The van der Waals surface area contributed by atoms with Gasteiger partial charge in [0.15, 0.2) is 0 Å². The van der Waals surface area contributed by atoms with Crippen LogP contribution in [0.5, 0.6) is 0 Å². The monoisotopic (exact) mass is 295 g/mol. The summed E-state index contributed by atoms with van der Waals surface area (Å²) in [7, 11) is -3.49. The van der Waals surface area contributed by atoms with E-state index in [1.54, 1.807) is 6.92 Å². The van der Waals surface area contributed by atoms with Gasteiger partial charge in [0.1, 0.15) is 0 Å². The number of carboxylic acids is 1. The third-order valence-corrected chi connectivity index (χ3v) is 3.15. The molecule has 0 aliphatic rings. The van der Waals surface area contributed by atoms with Crippen LogP contribution in [0.3, 0.4) is 0 Å². The van der Waals surface area contributed by atoms with Gasteiger partial charge in [0.05, 0.1) is 5.75 Å². The Labute approximate surface area is 112 Å². The highest BCUT2D eigenvalue weighted by Gasteiger charge is 2.08. The summed E-state index contributed by atoms with van der Waals surface area (Å²) in [6.07, 6.45) is 1.38. The molecule has 0 saturated carbocycles. The van der Waals surface area contributed by atoms with Crippen molar-refractivity contribution in [2.45, 2.75) is 38.6 Å². The van der Waals surface area contributed by atoms with E-state index in [2.05, 4.69) is 10.6 Å². The van der Waals surface area contributed by atoms with Crippen molar-refractivity contribution in [1.82, 2.24) is 10.6 Å². The number of amides is 2. The lowest BCUT2D eigenvalue weighted by atomic mass is 10.1. The second-order valence-corrected chi connectivity index (χ2v) is 6.04. The molecule has 0 radical (unpaired) electrons. The van der Waals surface area contributed by atoms with Crippen molar-refractivity contribution in [1.29, 1.82) is 0 Å². The van der Waals surface area contributed by atoms with E-state index < -0.39 is 22.0 Å². The molecule has 5 N–H and O–H groups in total. The van der Waals surface area contributed by atoms with E-state index in [1.165, 1.54) is 0 Å². The lowest BCUT2D eigenvalue weighted by Crippen LogP contribution is -2.41. The number of nitrogens with one attached hydrogen (secondary N) is 2. The number of hydrogen-bond acceptors (Lipinski definition) is 4. The normalized spacial score (nSPS) is 12.7. The third kappa shape index (κ3) is 12.9. The smallest absolute Gasteiger partial charge is 0.314 e. The van der Waals surface area contributed by atoms with E-state index in [0.29, 0.717) is 12.8 Å². The molecule has 2 amide bonds. The summed E-state index contributed by atoms with van der Waals surface area (Å²) in [5.74, 6) is -1.04. The van der Waals surface area contributed by atoms with Gasteiger partial charge in [0.2, 0.25) is 10.0 Å². The molecule has 0 aromatic rings. The number of aliphatic carboxylic acids is 1. The molecule has 0 spiro atoms. The fraction of sp³-hybridized carbons (Fsp3) is 0.800. The maximum absolute atomic E-state index is 11.4. The van der Waals surface area contributed by atoms with Crippen LogP contribution in [0.15, 0.2) is 0 Å². The standard InChI is InChI=1S/C10H21N3O5S/c1-8(4-2-5-9(14)15)13-10(16)12-6-3-7-19(11,17)18/h8H,2-7H2,1H3,(H,14,15)(H2,11,17,18)(H2,12,13,16). The van der Waals surface area contributed by atoms with Crippen LogP contribution in [0.25, 0.3) is 0 Å². The van der Waals surface area contributed by atoms with Crippen LogP contribution in [0.4, 0.5) is 4.79 Å². The van der Waals surface area contributed by atoms with E-state index in [1.807, 2.05) is 0 Å². The third-order valence-electron chi connectivity index (χ3n) is 2.30. The van der Waals surface area contributed by atoms with Crippen LogP contribution in [0.1, 0.15) is 32.6 Å². The quantitative estimate of drug-likeness (QED) is 0.429. The fourth-order valence-corrected chi connectivity index (χ4v) is 1.93. The Bertz CT molecular complexity index is 396. The van der Waals surface area contributed by atoms with Crippen LogP contribution in [0, 0.1) is 0 Å². The average molecular weight is 295 g/mol. The highest BCUT2D eigenvalue weighted by molar-refractivity contribution is 7.89. The second-order valence-electron chi connectivity index (χ2n) is 4.31. The maximum atomic E-state index is 11.4. The molecule has 0 aliphatic heterocycles. The lowest BCUT2D eigenvalue weighted by Gasteiger charge is -2.14. The summed E-state index contributed by atoms with van der Waals surface area (Å²) >= 11 is 0. The van der Waals surface area contributed by atoms with Crippen LogP contribution in [-0.2, 0) is 14.8 Å². The summed E-state index contributed by atoms with van der Waals surface area (Å²) in [4.78, 5) is 21.7. The topological polar surface area (TPSA) is 139 Å². The molecule has 0 rings (SSSR count). The minimum absolute atomic E-state index is 0.0714. The van der Waals surface area contributed by atoms with E-state index in [-0.39, 0.29) is 31.2 Å². The zero-order chi connectivity index (χ0) is 14.9. The molecule has 0 saturated heterocycles. The van der Waals surface area contributed by atoms with Gasteiger partial charge in [-0.2, -0.15) is 0 Å². The molecule has 0 aromatic carbocycles. The van der Waals surface area contributed by atoms with Crippen molar-refractivity contribution in [3.63, 3.8) is 0 Å². The largest absolute Gasteiger partial charge is 0.481 e. The fourth-order valence-electron chi connectivity index (χ4n) is 1.38. The van der Waals surface area contributed by atoms with Crippen molar-refractivity contribution in [2.24, 2.45) is 5.14 Å². The van der Waals surface area contributed by atoms with Gasteiger partial charge < -0.3 is 15.7 Å². The Kier molecular flexibility index (Phi) is 8.08.